The molecule has 0 fully saturated rings. The molecule has 0 saturated carbocycles. The number of hydrogen-bond acceptors (Lipinski definition) is 2. The first kappa shape index (κ1) is 16.3. The van der Waals surface area contributed by atoms with Crippen LogP contribution in [0.5, 0.6) is 0 Å². The van der Waals surface area contributed by atoms with E-state index >= 15 is 0 Å². The molecule has 0 heterocycles. The zero-order chi connectivity index (χ0) is 13.8. The Morgan fingerprint density at radius 2 is 1.32 bits per heavy atom. The lowest BCUT2D eigenvalue weighted by Crippen LogP contribution is -1.99. The number of carbonyl (C=O) groups excluding carboxylic acids is 1. The predicted octanol–water partition coefficient (Wildman–Crippen LogP) is 5.52. The van der Waals surface area contributed by atoms with Gasteiger partial charge in [0.05, 0.1) is 0 Å². The molecule has 0 atom stereocenters. The molecule has 1 aliphatic rings. The van der Waals surface area contributed by atoms with E-state index in [-0.39, 0.29) is 5.97 Å². The number of esters is 1. The van der Waals surface area contributed by atoms with Crippen LogP contribution >= 0.6 is 0 Å². The molecule has 19 heavy (non-hydrogen) atoms. The van der Waals surface area contributed by atoms with Crippen LogP contribution in [0.15, 0.2) is 11.8 Å². The van der Waals surface area contributed by atoms with Crippen molar-refractivity contribution < 1.29 is 9.53 Å². The Balaban J connectivity index is 2.36. The van der Waals surface area contributed by atoms with Gasteiger partial charge < -0.3 is 4.74 Å². The topological polar surface area (TPSA) is 26.3 Å². The highest BCUT2D eigenvalue weighted by molar-refractivity contribution is 5.67. The van der Waals surface area contributed by atoms with Crippen LogP contribution in [0.1, 0.15) is 90.4 Å². The first-order valence-corrected chi connectivity index (χ1v) is 8.16. The van der Waals surface area contributed by atoms with Crippen LogP contribution in [0.3, 0.4) is 0 Å². The summed E-state index contributed by atoms with van der Waals surface area (Å²) < 4.78 is 5.30. The Kier molecular flexibility index (Phi) is 9.48. The van der Waals surface area contributed by atoms with E-state index in [0.29, 0.717) is 0 Å². The van der Waals surface area contributed by atoms with Crippen molar-refractivity contribution in [2.45, 2.75) is 90.4 Å². The monoisotopic (exact) mass is 266 g/mol. The standard InChI is InChI=1S/C17H30O2/c1-16(18)19-17-14-12-10-8-6-4-2-3-5-7-9-11-13-15-17/h14H,2-13,15H2,1H3/b17-14+. The summed E-state index contributed by atoms with van der Waals surface area (Å²) in [6.45, 7) is 1.50. The summed E-state index contributed by atoms with van der Waals surface area (Å²) in [5.74, 6) is 0.728. The summed E-state index contributed by atoms with van der Waals surface area (Å²) in [5.41, 5.74) is 0. The molecule has 2 heteroatoms. The normalized spacial score (nSPS) is 23.5. The fraction of sp³-hybridized carbons (Fsp3) is 0.824. The third-order valence-corrected chi connectivity index (χ3v) is 3.77. The maximum Gasteiger partial charge on any atom is 0.307 e. The largest absolute Gasteiger partial charge is 0.432 e. The van der Waals surface area contributed by atoms with Gasteiger partial charge in [0.25, 0.3) is 0 Å². The number of ether oxygens (including phenoxy) is 1. The molecule has 0 aliphatic heterocycles. The molecule has 0 saturated heterocycles. The van der Waals surface area contributed by atoms with Crippen LogP contribution in [0.25, 0.3) is 0 Å². The fourth-order valence-corrected chi connectivity index (χ4v) is 2.68. The molecule has 1 rings (SSSR count). The van der Waals surface area contributed by atoms with Crippen LogP contribution in [0, 0.1) is 0 Å². The summed E-state index contributed by atoms with van der Waals surface area (Å²) >= 11 is 0. The molecule has 0 unspecified atom stereocenters. The zero-order valence-corrected chi connectivity index (χ0v) is 12.6. The van der Waals surface area contributed by atoms with Crippen molar-refractivity contribution in [2.24, 2.45) is 0 Å². The Bertz CT molecular complexity index is 268. The van der Waals surface area contributed by atoms with Crippen LogP contribution in [-0.4, -0.2) is 5.97 Å². The van der Waals surface area contributed by atoms with E-state index in [0.717, 1.165) is 25.0 Å². The average Bonchev–Trinajstić information content (AvgIpc) is 2.38. The van der Waals surface area contributed by atoms with E-state index in [1.54, 1.807) is 0 Å². The van der Waals surface area contributed by atoms with E-state index in [2.05, 4.69) is 6.08 Å². The van der Waals surface area contributed by atoms with Gasteiger partial charge in [-0.05, 0) is 25.3 Å². The Hall–Kier alpha value is -0.790. The first-order chi connectivity index (χ1) is 9.29. The summed E-state index contributed by atoms with van der Waals surface area (Å²) in [6, 6.07) is 0. The summed E-state index contributed by atoms with van der Waals surface area (Å²) in [4.78, 5) is 11.1. The lowest BCUT2D eigenvalue weighted by molar-refractivity contribution is -0.137. The van der Waals surface area contributed by atoms with Crippen molar-refractivity contribution >= 4 is 5.97 Å². The molecule has 0 aromatic carbocycles. The maximum atomic E-state index is 11.1. The molecule has 0 N–H and O–H groups in total. The maximum absolute atomic E-state index is 11.1. The Labute approximate surface area is 118 Å². The van der Waals surface area contributed by atoms with Crippen LogP contribution in [-0.2, 0) is 9.53 Å². The Morgan fingerprint density at radius 3 is 1.84 bits per heavy atom. The van der Waals surface area contributed by atoms with Crippen molar-refractivity contribution in [2.75, 3.05) is 0 Å². The first-order valence-electron chi connectivity index (χ1n) is 8.16. The number of allylic oxidation sites excluding steroid dienone is 2. The van der Waals surface area contributed by atoms with Crippen LogP contribution in [0.4, 0.5) is 0 Å². The molecular weight excluding hydrogens is 236 g/mol. The highest BCUT2D eigenvalue weighted by atomic mass is 16.5. The quantitative estimate of drug-likeness (QED) is 0.584. The summed E-state index contributed by atoms with van der Waals surface area (Å²) in [6.07, 6.45) is 18.7. The predicted molar refractivity (Wildman–Crippen MR) is 79.9 cm³/mol. The molecule has 1 aliphatic carbocycles. The lowest BCUT2D eigenvalue weighted by Gasteiger charge is -2.07. The van der Waals surface area contributed by atoms with Gasteiger partial charge in [-0.1, -0.05) is 57.8 Å². The molecule has 0 spiro atoms. The highest BCUT2D eigenvalue weighted by Gasteiger charge is 2.03. The van der Waals surface area contributed by atoms with Crippen molar-refractivity contribution in [3.05, 3.63) is 11.8 Å². The highest BCUT2D eigenvalue weighted by Crippen LogP contribution is 2.17. The number of carbonyl (C=O) groups is 1. The average molecular weight is 266 g/mol. The molecular formula is C17H30O2. The van der Waals surface area contributed by atoms with Crippen molar-refractivity contribution in [3.8, 4) is 0 Å². The van der Waals surface area contributed by atoms with Crippen molar-refractivity contribution in [1.29, 1.82) is 0 Å². The molecule has 110 valence electrons. The molecule has 0 radical (unpaired) electrons. The molecule has 0 bridgehead atoms. The molecule has 2 nitrogen and oxygen atoms in total. The minimum absolute atomic E-state index is 0.177. The van der Waals surface area contributed by atoms with Gasteiger partial charge in [0.1, 0.15) is 5.76 Å². The third-order valence-electron chi connectivity index (χ3n) is 3.77. The van der Waals surface area contributed by atoms with Crippen molar-refractivity contribution in [3.63, 3.8) is 0 Å². The molecule has 0 aromatic rings. The Morgan fingerprint density at radius 1 is 0.842 bits per heavy atom. The van der Waals surface area contributed by atoms with Gasteiger partial charge in [-0.2, -0.15) is 0 Å². The molecule has 0 amide bonds. The molecule has 0 aromatic heterocycles. The number of hydrogen-bond donors (Lipinski definition) is 0. The van der Waals surface area contributed by atoms with Crippen LogP contribution < -0.4 is 0 Å². The van der Waals surface area contributed by atoms with Gasteiger partial charge in [0.15, 0.2) is 0 Å². The van der Waals surface area contributed by atoms with E-state index in [1.807, 2.05) is 0 Å². The fourth-order valence-electron chi connectivity index (χ4n) is 2.68. The van der Waals surface area contributed by atoms with E-state index in [4.69, 9.17) is 4.74 Å². The van der Waals surface area contributed by atoms with Gasteiger partial charge in [-0.3, -0.25) is 4.79 Å². The van der Waals surface area contributed by atoms with E-state index < -0.39 is 0 Å². The van der Waals surface area contributed by atoms with Gasteiger partial charge in [0.2, 0.25) is 0 Å². The van der Waals surface area contributed by atoms with Gasteiger partial charge >= 0.3 is 5.97 Å². The zero-order valence-electron chi connectivity index (χ0n) is 12.6. The SMILES string of the molecule is CC(=O)O/C1=C/CCCCCCCCCCCCC1. The third kappa shape index (κ3) is 9.75. The smallest absolute Gasteiger partial charge is 0.307 e. The van der Waals surface area contributed by atoms with Crippen molar-refractivity contribution in [1.82, 2.24) is 0 Å². The van der Waals surface area contributed by atoms with Gasteiger partial charge in [0, 0.05) is 13.3 Å². The van der Waals surface area contributed by atoms with E-state index in [1.165, 1.54) is 71.1 Å². The second-order valence-electron chi connectivity index (χ2n) is 5.69. The van der Waals surface area contributed by atoms with Crippen LogP contribution in [0.2, 0.25) is 0 Å². The van der Waals surface area contributed by atoms with E-state index in [9.17, 15) is 4.79 Å². The van der Waals surface area contributed by atoms with Gasteiger partial charge in [-0.25, -0.2) is 0 Å². The minimum Gasteiger partial charge on any atom is -0.432 e. The number of rotatable bonds is 1. The lowest BCUT2D eigenvalue weighted by atomic mass is 10.1. The second-order valence-corrected chi connectivity index (χ2v) is 5.69. The van der Waals surface area contributed by atoms with Gasteiger partial charge in [-0.15, -0.1) is 0 Å². The summed E-state index contributed by atoms with van der Waals surface area (Å²) in [5, 5.41) is 0. The minimum atomic E-state index is -0.177. The summed E-state index contributed by atoms with van der Waals surface area (Å²) in [7, 11) is 0. The second kappa shape index (κ2) is 11.1.